The van der Waals surface area contributed by atoms with E-state index in [4.69, 9.17) is 13.8 Å². The van der Waals surface area contributed by atoms with Crippen molar-refractivity contribution in [2.75, 3.05) is 0 Å². The Balaban J connectivity index is 1.10. The highest BCUT2D eigenvalue weighted by molar-refractivity contribution is 6.84. The average molecular weight is 678 g/mol. The number of rotatable bonds is 3. The van der Waals surface area contributed by atoms with E-state index < -0.39 is 0 Å². The van der Waals surface area contributed by atoms with E-state index in [2.05, 4.69) is 156 Å². The zero-order valence-electron chi connectivity index (χ0n) is 28.4. The van der Waals surface area contributed by atoms with Crippen LogP contribution in [-0.2, 0) is 0 Å². The van der Waals surface area contributed by atoms with Gasteiger partial charge < -0.3 is 18.4 Å². The average Bonchev–Trinajstić information content (AvgIpc) is 3.77. The van der Waals surface area contributed by atoms with Crippen LogP contribution in [0.25, 0.3) is 82.8 Å². The van der Waals surface area contributed by atoms with Gasteiger partial charge in [-0.3, -0.25) is 0 Å². The minimum absolute atomic E-state index is 0.333. The SMILES string of the molecule is c1ccc2c(c1)OB1c3cccc(-n4c5ccccc5c5ccccc54)c3Oc3cc(-c4ccccc4-c4cccc5c4oc4ccccc45)cc-2c31. The molecule has 0 unspecified atom stereocenters. The maximum absolute atomic E-state index is 7.19. The number of nitrogens with zero attached hydrogens (tertiary/aromatic N) is 1. The lowest BCUT2D eigenvalue weighted by atomic mass is 9.50. The fourth-order valence-electron chi connectivity index (χ4n) is 8.81. The first-order valence-electron chi connectivity index (χ1n) is 18.0. The summed E-state index contributed by atoms with van der Waals surface area (Å²) in [5.41, 5.74) is 13.6. The number of hydrogen-bond donors (Lipinski definition) is 0. The highest BCUT2D eigenvalue weighted by Crippen LogP contribution is 2.46. The van der Waals surface area contributed by atoms with Gasteiger partial charge >= 0.3 is 6.92 Å². The zero-order valence-corrected chi connectivity index (χ0v) is 28.4. The number of benzene rings is 8. The Kier molecular flexibility index (Phi) is 5.83. The lowest BCUT2D eigenvalue weighted by Crippen LogP contribution is -2.53. The van der Waals surface area contributed by atoms with E-state index >= 15 is 0 Å². The van der Waals surface area contributed by atoms with Gasteiger partial charge in [-0.2, -0.15) is 0 Å². The molecule has 4 heterocycles. The second kappa shape index (κ2) is 10.8. The van der Waals surface area contributed by atoms with Gasteiger partial charge in [0.1, 0.15) is 28.4 Å². The Bertz CT molecular complexity index is 3100. The van der Waals surface area contributed by atoms with Crippen LogP contribution in [0, 0.1) is 0 Å². The van der Waals surface area contributed by atoms with Gasteiger partial charge in [-0.25, -0.2) is 0 Å². The molecular formula is C48H28BNO3. The summed E-state index contributed by atoms with van der Waals surface area (Å²) < 4.78 is 23.0. The van der Waals surface area contributed by atoms with Gasteiger partial charge in [0.15, 0.2) is 0 Å². The lowest BCUT2D eigenvalue weighted by Gasteiger charge is -2.34. The van der Waals surface area contributed by atoms with Crippen molar-refractivity contribution in [1.82, 2.24) is 4.57 Å². The van der Waals surface area contributed by atoms with Crippen molar-refractivity contribution in [2.24, 2.45) is 0 Å². The molecule has 0 N–H and O–H groups in total. The van der Waals surface area contributed by atoms with Crippen molar-refractivity contribution in [3.63, 3.8) is 0 Å². The fourth-order valence-corrected chi connectivity index (χ4v) is 8.81. The third-order valence-electron chi connectivity index (χ3n) is 11.1. The van der Waals surface area contributed by atoms with E-state index in [0.29, 0.717) is 0 Å². The lowest BCUT2D eigenvalue weighted by molar-refractivity contribution is 0.478. The first-order chi connectivity index (χ1) is 26.3. The summed E-state index contributed by atoms with van der Waals surface area (Å²) in [5, 5.41) is 4.65. The number of para-hydroxylation sites is 6. The number of hydrogen-bond acceptors (Lipinski definition) is 3. The van der Waals surface area contributed by atoms with Crippen molar-refractivity contribution in [3.8, 4) is 56.3 Å². The van der Waals surface area contributed by atoms with Crippen LogP contribution in [0.1, 0.15) is 0 Å². The van der Waals surface area contributed by atoms with Crippen LogP contribution >= 0.6 is 0 Å². The number of aromatic nitrogens is 1. The molecule has 0 fully saturated rings. The Morgan fingerprint density at radius 2 is 1.09 bits per heavy atom. The molecule has 12 rings (SSSR count). The second-order valence-corrected chi connectivity index (χ2v) is 13.9. The maximum Gasteiger partial charge on any atom is 0.434 e. The largest absolute Gasteiger partial charge is 0.551 e. The van der Waals surface area contributed by atoms with E-state index in [1.54, 1.807) is 0 Å². The van der Waals surface area contributed by atoms with E-state index in [0.717, 1.165) is 100 Å². The van der Waals surface area contributed by atoms with E-state index in [9.17, 15) is 0 Å². The second-order valence-electron chi connectivity index (χ2n) is 13.9. The molecule has 2 aliphatic heterocycles. The first kappa shape index (κ1) is 28.7. The van der Waals surface area contributed by atoms with Crippen LogP contribution < -0.4 is 20.3 Å². The number of fused-ring (bicyclic) bond motifs is 10. The quantitative estimate of drug-likeness (QED) is 0.175. The molecular weight excluding hydrogens is 649 g/mol. The van der Waals surface area contributed by atoms with E-state index in [1.807, 2.05) is 18.2 Å². The van der Waals surface area contributed by atoms with Crippen molar-refractivity contribution >= 4 is 61.6 Å². The van der Waals surface area contributed by atoms with Gasteiger partial charge in [0.05, 0.1) is 16.7 Å². The first-order valence-corrected chi connectivity index (χ1v) is 18.0. The molecule has 0 atom stereocenters. The zero-order chi connectivity index (χ0) is 34.6. The van der Waals surface area contributed by atoms with Crippen LogP contribution in [0.2, 0.25) is 0 Å². The number of ether oxygens (including phenoxy) is 1. The Hall–Kier alpha value is -6.98. The van der Waals surface area contributed by atoms with Crippen molar-refractivity contribution in [2.45, 2.75) is 0 Å². The predicted octanol–water partition coefficient (Wildman–Crippen LogP) is 11.3. The monoisotopic (exact) mass is 677 g/mol. The molecule has 53 heavy (non-hydrogen) atoms. The van der Waals surface area contributed by atoms with Crippen LogP contribution in [0.15, 0.2) is 174 Å². The highest BCUT2D eigenvalue weighted by Gasteiger charge is 2.42. The van der Waals surface area contributed by atoms with Gasteiger partial charge in [-0.1, -0.05) is 127 Å². The van der Waals surface area contributed by atoms with Crippen LogP contribution in [0.3, 0.4) is 0 Å². The number of furan rings is 1. The van der Waals surface area contributed by atoms with Crippen molar-refractivity contribution < 1.29 is 13.8 Å². The Labute approximate surface area is 305 Å². The van der Waals surface area contributed by atoms with E-state index in [-0.39, 0.29) is 6.92 Å². The smallest absolute Gasteiger partial charge is 0.434 e. The summed E-state index contributed by atoms with van der Waals surface area (Å²) in [4.78, 5) is 0. The summed E-state index contributed by atoms with van der Waals surface area (Å²) in [5.74, 6) is 2.47. The molecule has 0 aliphatic carbocycles. The van der Waals surface area contributed by atoms with Crippen LogP contribution in [0.4, 0.5) is 0 Å². The normalized spacial score (nSPS) is 12.8. The topological polar surface area (TPSA) is 36.5 Å². The Morgan fingerprint density at radius 1 is 0.453 bits per heavy atom. The molecule has 4 nitrogen and oxygen atoms in total. The molecule has 8 aromatic carbocycles. The van der Waals surface area contributed by atoms with Gasteiger partial charge in [0.25, 0.3) is 0 Å². The van der Waals surface area contributed by atoms with Crippen LogP contribution in [-0.4, -0.2) is 11.5 Å². The van der Waals surface area contributed by atoms with Crippen LogP contribution in [0.5, 0.6) is 17.2 Å². The molecule has 0 spiro atoms. The summed E-state index contributed by atoms with van der Waals surface area (Å²) in [6.07, 6.45) is 0. The third-order valence-corrected chi connectivity index (χ3v) is 11.1. The molecule has 2 aliphatic rings. The van der Waals surface area contributed by atoms with E-state index in [1.165, 1.54) is 10.8 Å². The third kappa shape index (κ3) is 4.02. The highest BCUT2D eigenvalue weighted by atomic mass is 16.5. The minimum Gasteiger partial charge on any atom is -0.551 e. The van der Waals surface area contributed by atoms with Gasteiger partial charge in [-0.05, 0) is 64.7 Å². The molecule has 0 amide bonds. The standard InChI is InChI=1S/C48H28BNO3/c1-2-14-31(36-19-11-20-37-34-17-5-9-25-43(34)51-47(36)37)30(13-1)29-27-38-35-18-6-10-26-44(35)53-49-39-21-12-24-42(48(39)52-45(28-29)46(38)49)50-40-22-7-3-15-32(40)33-16-4-8-23-41(33)50/h1-28H. The summed E-state index contributed by atoms with van der Waals surface area (Å²) >= 11 is 0. The van der Waals surface area contributed by atoms with Gasteiger partial charge in [-0.15, -0.1) is 0 Å². The van der Waals surface area contributed by atoms with Gasteiger partial charge in [0.2, 0.25) is 0 Å². The molecule has 0 radical (unpaired) electrons. The summed E-state index contributed by atoms with van der Waals surface area (Å²) in [6, 6.07) is 59.8. The Morgan fingerprint density at radius 3 is 1.92 bits per heavy atom. The predicted molar refractivity (Wildman–Crippen MR) is 217 cm³/mol. The van der Waals surface area contributed by atoms with Crippen molar-refractivity contribution in [3.05, 3.63) is 170 Å². The molecule has 0 bridgehead atoms. The molecule has 246 valence electrons. The van der Waals surface area contributed by atoms with Gasteiger partial charge in [0, 0.05) is 43.6 Å². The summed E-state index contributed by atoms with van der Waals surface area (Å²) in [7, 11) is 0. The fraction of sp³-hybridized carbons (Fsp3) is 0. The molecule has 0 saturated carbocycles. The summed E-state index contributed by atoms with van der Waals surface area (Å²) in [6.45, 7) is -0.333. The maximum atomic E-state index is 7.19. The molecule has 5 heteroatoms. The minimum atomic E-state index is -0.333. The molecule has 0 saturated heterocycles. The van der Waals surface area contributed by atoms with Crippen molar-refractivity contribution in [1.29, 1.82) is 0 Å². The molecule has 2 aromatic heterocycles. The molecule has 10 aromatic rings.